The molecule has 3 aliphatic rings. The van der Waals surface area contributed by atoms with Crippen molar-refractivity contribution in [1.82, 2.24) is 19.8 Å². The first-order chi connectivity index (χ1) is 18.5. The second-order valence-electron chi connectivity index (χ2n) is 11.2. The lowest BCUT2D eigenvalue weighted by Gasteiger charge is -2.32. The highest BCUT2D eigenvalue weighted by Crippen LogP contribution is 2.33. The molecule has 2 amide bonds. The predicted molar refractivity (Wildman–Crippen MR) is 154 cm³/mol. The topological polar surface area (TPSA) is 67.8 Å². The molecule has 1 atom stereocenters. The van der Waals surface area contributed by atoms with E-state index in [0.717, 1.165) is 74.4 Å². The van der Waals surface area contributed by atoms with Crippen LogP contribution in [0, 0.1) is 0 Å². The lowest BCUT2D eigenvalue weighted by Crippen LogP contribution is -2.40. The molecule has 6 rings (SSSR count). The number of piperidine rings is 1. The lowest BCUT2D eigenvalue weighted by molar-refractivity contribution is 0.194. The van der Waals surface area contributed by atoms with Gasteiger partial charge in [0.25, 0.3) is 0 Å². The van der Waals surface area contributed by atoms with Gasteiger partial charge in [0.05, 0.1) is 11.2 Å². The van der Waals surface area contributed by atoms with Crippen LogP contribution < -0.4 is 15.1 Å². The summed E-state index contributed by atoms with van der Waals surface area (Å²) >= 11 is 0. The third-order valence-corrected chi connectivity index (χ3v) is 8.67. The Morgan fingerprint density at radius 1 is 0.868 bits per heavy atom. The van der Waals surface area contributed by atoms with Crippen molar-refractivity contribution in [2.75, 3.05) is 68.5 Å². The van der Waals surface area contributed by atoms with E-state index in [2.05, 4.69) is 69.4 Å². The third-order valence-electron chi connectivity index (χ3n) is 8.67. The molecule has 3 aromatic rings. The Kier molecular flexibility index (Phi) is 7.06. The molecular weight excluding hydrogens is 474 g/mol. The molecule has 200 valence electrons. The molecule has 3 saturated heterocycles. The summed E-state index contributed by atoms with van der Waals surface area (Å²) in [6.07, 6.45) is 7.24. The van der Waals surface area contributed by atoms with Crippen LogP contribution in [-0.4, -0.2) is 85.2 Å². The number of likely N-dealkylation sites (tertiary alicyclic amines) is 1. The normalized spacial score (nSPS) is 20.6. The molecule has 4 heterocycles. The van der Waals surface area contributed by atoms with Gasteiger partial charge in [-0.15, -0.1) is 0 Å². The van der Waals surface area contributed by atoms with Gasteiger partial charge >= 0.3 is 6.03 Å². The number of amides is 2. The monoisotopic (exact) mass is 513 g/mol. The summed E-state index contributed by atoms with van der Waals surface area (Å²) in [5, 5.41) is 4.23. The maximum atomic E-state index is 13.0. The summed E-state index contributed by atoms with van der Waals surface area (Å²) in [4.78, 5) is 31.4. The summed E-state index contributed by atoms with van der Waals surface area (Å²) in [6, 6.07) is 15.5. The smallest absolute Gasteiger partial charge is 0.321 e. The minimum atomic E-state index is -0.0174. The van der Waals surface area contributed by atoms with Crippen LogP contribution in [0.15, 0.2) is 48.8 Å². The number of hydrogen-bond donors (Lipinski definition) is 1. The Morgan fingerprint density at radius 3 is 2.32 bits per heavy atom. The van der Waals surface area contributed by atoms with Gasteiger partial charge in [0.1, 0.15) is 6.33 Å². The van der Waals surface area contributed by atoms with Crippen molar-refractivity contribution >= 4 is 34.0 Å². The maximum absolute atomic E-state index is 13.0. The van der Waals surface area contributed by atoms with E-state index in [1.54, 1.807) is 6.33 Å². The molecule has 0 aliphatic carbocycles. The Labute approximate surface area is 225 Å². The number of likely N-dealkylation sites (N-methyl/N-ethyl adjacent to an activating group) is 1. The third kappa shape index (κ3) is 5.14. The van der Waals surface area contributed by atoms with Crippen LogP contribution >= 0.6 is 0 Å². The molecule has 8 nitrogen and oxygen atoms in total. The standard InChI is InChI=1S/C30H39N7O/c1-34(2)26-13-18-37(20-26)25-9-10-27-28(19-25)31-21-32-29(27)22-11-16-36(17-12-22)30(38)33-23-5-7-24(8-6-23)35-14-3-4-15-35/h5-10,19,21-22,26H,3-4,11-18,20H2,1-2H3,(H,33,38)/t26-/m1/s1. The number of benzene rings is 2. The fourth-order valence-electron chi connectivity index (χ4n) is 6.28. The number of carbonyl (C=O) groups is 1. The van der Waals surface area contributed by atoms with Crippen molar-refractivity contribution in [1.29, 1.82) is 0 Å². The average Bonchev–Trinajstić information content (AvgIpc) is 3.66. The molecule has 38 heavy (non-hydrogen) atoms. The first-order valence-corrected chi connectivity index (χ1v) is 14.1. The fourth-order valence-corrected chi connectivity index (χ4v) is 6.28. The van der Waals surface area contributed by atoms with Gasteiger partial charge in [0, 0.05) is 73.7 Å². The minimum absolute atomic E-state index is 0.0174. The van der Waals surface area contributed by atoms with E-state index in [-0.39, 0.29) is 6.03 Å². The molecule has 8 heteroatoms. The van der Waals surface area contributed by atoms with Gasteiger partial charge in [0.15, 0.2) is 0 Å². The molecule has 0 saturated carbocycles. The number of urea groups is 1. The molecule has 1 N–H and O–H groups in total. The molecule has 1 aromatic heterocycles. The highest BCUT2D eigenvalue weighted by atomic mass is 16.2. The van der Waals surface area contributed by atoms with E-state index >= 15 is 0 Å². The van der Waals surface area contributed by atoms with Gasteiger partial charge in [-0.3, -0.25) is 0 Å². The Bertz CT molecular complexity index is 1260. The average molecular weight is 514 g/mol. The van der Waals surface area contributed by atoms with Gasteiger partial charge in [-0.1, -0.05) is 0 Å². The zero-order valence-electron chi connectivity index (χ0n) is 22.6. The van der Waals surface area contributed by atoms with Crippen LogP contribution in [0.4, 0.5) is 21.9 Å². The molecule has 0 unspecified atom stereocenters. The number of aromatic nitrogens is 2. The predicted octanol–water partition coefficient (Wildman–Crippen LogP) is 4.78. The van der Waals surface area contributed by atoms with Crippen LogP contribution in [0.2, 0.25) is 0 Å². The molecule has 2 aromatic carbocycles. The molecule has 3 fully saturated rings. The van der Waals surface area contributed by atoms with Crippen molar-refractivity contribution in [2.45, 2.75) is 44.1 Å². The first-order valence-electron chi connectivity index (χ1n) is 14.1. The van der Waals surface area contributed by atoms with Crippen LogP contribution in [-0.2, 0) is 0 Å². The highest BCUT2D eigenvalue weighted by molar-refractivity contribution is 5.90. The van der Waals surface area contributed by atoms with Gasteiger partial charge < -0.3 is 24.9 Å². The van der Waals surface area contributed by atoms with Gasteiger partial charge in [0.2, 0.25) is 0 Å². The Balaban J connectivity index is 1.07. The van der Waals surface area contributed by atoms with Gasteiger partial charge in [-0.25, -0.2) is 14.8 Å². The van der Waals surface area contributed by atoms with Crippen LogP contribution in [0.5, 0.6) is 0 Å². The van der Waals surface area contributed by atoms with Crippen molar-refractivity contribution in [2.24, 2.45) is 0 Å². The molecule has 3 aliphatic heterocycles. The van der Waals surface area contributed by atoms with Gasteiger partial charge in [-0.05, 0) is 88.7 Å². The number of carbonyl (C=O) groups excluding carboxylic acids is 1. The lowest BCUT2D eigenvalue weighted by atomic mass is 9.91. The summed E-state index contributed by atoms with van der Waals surface area (Å²) in [6.45, 7) is 5.84. The van der Waals surface area contributed by atoms with E-state index in [9.17, 15) is 4.79 Å². The van der Waals surface area contributed by atoms with E-state index in [0.29, 0.717) is 12.0 Å². The number of hydrogen-bond acceptors (Lipinski definition) is 6. The highest BCUT2D eigenvalue weighted by Gasteiger charge is 2.27. The van der Waals surface area contributed by atoms with Crippen molar-refractivity contribution in [3.8, 4) is 0 Å². The van der Waals surface area contributed by atoms with Crippen LogP contribution in [0.1, 0.15) is 43.7 Å². The minimum Gasteiger partial charge on any atom is -0.372 e. The molecular formula is C30H39N7O. The zero-order chi connectivity index (χ0) is 26.1. The van der Waals surface area contributed by atoms with E-state index < -0.39 is 0 Å². The summed E-state index contributed by atoms with van der Waals surface area (Å²) in [7, 11) is 4.32. The van der Waals surface area contributed by atoms with E-state index in [4.69, 9.17) is 4.98 Å². The van der Waals surface area contributed by atoms with Crippen LogP contribution in [0.25, 0.3) is 10.9 Å². The largest absolute Gasteiger partial charge is 0.372 e. The van der Waals surface area contributed by atoms with Gasteiger partial charge in [-0.2, -0.15) is 0 Å². The summed E-state index contributed by atoms with van der Waals surface area (Å²) in [5.74, 6) is 0.333. The number of nitrogens with one attached hydrogen (secondary N) is 1. The quantitative estimate of drug-likeness (QED) is 0.530. The number of fused-ring (bicyclic) bond motifs is 1. The fraction of sp³-hybridized carbons (Fsp3) is 0.500. The van der Waals surface area contributed by atoms with Crippen molar-refractivity contribution < 1.29 is 4.79 Å². The number of anilines is 3. The maximum Gasteiger partial charge on any atom is 0.321 e. The molecule has 0 radical (unpaired) electrons. The second-order valence-corrected chi connectivity index (χ2v) is 11.2. The Hall–Kier alpha value is -3.39. The van der Waals surface area contributed by atoms with E-state index in [1.165, 1.54) is 30.6 Å². The number of nitrogens with zero attached hydrogens (tertiary/aromatic N) is 6. The first kappa shape index (κ1) is 24.9. The summed E-state index contributed by atoms with van der Waals surface area (Å²) in [5.41, 5.74) is 5.47. The van der Waals surface area contributed by atoms with E-state index in [1.807, 2.05) is 17.0 Å². The number of rotatable bonds is 5. The summed E-state index contributed by atoms with van der Waals surface area (Å²) < 4.78 is 0. The zero-order valence-corrected chi connectivity index (χ0v) is 22.6. The SMILES string of the molecule is CN(C)[C@@H]1CCN(c2ccc3c(C4CCN(C(=O)Nc5ccc(N6CCCC6)cc5)CC4)ncnc3c2)C1. The van der Waals surface area contributed by atoms with Crippen LogP contribution in [0.3, 0.4) is 0 Å². The molecule has 0 bridgehead atoms. The second kappa shape index (κ2) is 10.8. The van der Waals surface area contributed by atoms with Crippen molar-refractivity contribution in [3.63, 3.8) is 0 Å². The molecule has 0 spiro atoms. The van der Waals surface area contributed by atoms with Crippen molar-refractivity contribution in [3.05, 3.63) is 54.5 Å². The Morgan fingerprint density at radius 2 is 1.61 bits per heavy atom.